The van der Waals surface area contributed by atoms with Gasteiger partial charge in [-0.05, 0) is 18.1 Å². The lowest BCUT2D eigenvalue weighted by molar-refractivity contribution is 0.0992. The van der Waals surface area contributed by atoms with Gasteiger partial charge in [0.1, 0.15) is 11.3 Å². The van der Waals surface area contributed by atoms with Gasteiger partial charge in [0.25, 0.3) is 0 Å². The molecule has 2 nitrogen and oxygen atoms in total. The SMILES string of the molecule is CCCCc1oc2ccccc2c1C(=O)Cc1ccccc1. The van der Waals surface area contributed by atoms with Crippen molar-refractivity contribution in [1.82, 2.24) is 0 Å². The zero-order chi connectivity index (χ0) is 15.4. The van der Waals surface area contributed by atoms with Gasteiger partial charge in [-0.2, -0.15) is 0 Å². The van der Waals surface area contributed by atoms with Crippen molar-refractivity contribution in [2.24, 2.45) is 0 Å². The van der Waals surface area contributed by atoms with Crippen LogP contribution in [0.15, 0.2) is 59.0 Å². The standard InChI is InChI=1S/C20H20O2/c1-2-3-12-19-20(16-11-7-8-13-18(16)22-19)17(21)14-15-9-5-4-6-10-15/h4-11,13H,2-3,12,14H2,1H3. The molecule has 0 bridgehead atoms. The molecule has 0 N–H and O–H groups in total. The number of rotatable bonds is 6. The second-order valence-corrected chi connectivity index (χ2v) is 5.59. The van der Waals surface area contributed by atoms with Crippen LogP contribution < -0.4 is 0 Å². The van der Waals surface area contributed by atoms with Crippen LogP contribution >= 0.6 is 0 Å². The molecule has 0 atom stereocenters. The number of hydrogen-bond donors (Lipinski definition) is 0. The number of benzene rings is 2. The Hall–Kier alpha value is -2.35. The third-order valence-corrected chi connectivity index (χ3v) is 3.91. The van der Waals surface area contributed by atoms with Crippen molar-refractivity contribution in [1.29, 1.82) is 0 Å². The van der Waals surface area contributed by atoms with Gasteiger partial charge in [-0.1, -0.05) is 61.9 Å². The highest BCUT2D eigenvalue weighted by atomic mass is 16.3. The van der Waals surface area contributed by atoms with Gasteiger partial charge in [-0.3, -0.25) is 4.79 Å². The molecule has 2 aromatic carbocycles. The summed E-state index contributed by atoms with van der Waals surface area (Å²) in [6.07, 6.45) is 3.36. The van der Waals surface area contributed by atoms with Crippen LogP contribution in [0.2, 0.25) is 0 Å². The first-order valence-electron chi connectivity index (χ1n) is 7.87. The summed E-state index contributed by atoms with van der Waals surface area (Å²) in [7, 11) is 0. The maximum atomic E-state index is 12.8. The lowest BCUT2D eigenvalue weighted by Gasteiger charge is -2.03. The van der Waals surface area contributed by atoms with Crippen molar-refractivity contribution in [2.75, 3.05) is 0 Å². The van der Waals surface area contributed by atoms with Gasteiger partial charge in [0.05, 0.1) is 5.56 Å². The van der Waals surface area contributed by atoms with Crippen LogP contribution in [0.3, 0.4) is 0 Å². The van der Waals surface area contributed by atoms with Gasteiger partial charge in [-0.25, -0.2) is 0 Å². The number of para-hydroxylation sites is 1. The van der Waals surface area contributed by atoms with E-state index in [1.807, 2.05) is 54.6 Å². The van der Waals surface area contributed by atoms with E-state index < -0.39 is 0 Å². The van der Waals surface area contributed by atoms with E-state index in [0.29, 0.717) is 6.42 Å². The second-order valence-electron chi connectivity index (χ2n) is 5.59. The Morgan fingerprint density at radius 3 is 2.50 bits per heavy atom. The summed E-state index contributed by atoms with van der Waals surface area (Å²) < 4.78 is 5.94. The smallest absolute Gasteiger partial charge is 0.171 e. The maximum Gasteiger partial charge on any atom is 0.171 e. The van der Waals surface area contributed by atoms with Gasteiger partial charge in [0, 0.05) is 18.2 Å². The van der Waals surface area contributed by atoms with E-state index in [1.54, 1.807) is 0 Å². The zero-order valence-corrected chi connectivity index (χ0v) is 12.8. The topological polar surface area (TPSA) is 30.2 Å². The third kappa shape index (κ3) is 2.96. The lowest BCUT2D eigenvalue weighted by Crippen LogP contribution is -2.05. The van der Waals surface area contributed by atoms with E-state index in [4.69, 9.17) is 4.42 Å². The average molecular weight is 292 g/mol. The third-order valence-electron chi connectivity index (χ3n) is 3.91. The minimum Gasteiger partial charge on any atom is -0.460 e. The number of Topliss-reactive ketones (excluding diaryl/α,β-unsaturated/α-hetero) is 1. The van der Waals surface area contributed by atoms with Crippen molar-refractivity contribution in [3.63, 3.8) is 0 Å². The molecule has 0 fully saturated rings. The Morgan fingerprint density at radius 1 is 1.00 bits per heavy atom. The monoisotopic (exact) mass is 292 g/mol. The molecule has 0 saturated carbocycles. The Bertz CT molecular complexity index is 769. The minimum atomic E-state index is 0.141. The van der Waals surface area contributed by atoms with Gasteiger partial charge in [-0.15, -0.1) is 0 Å². The molecule has 1 heterocycles. The number of carbonyl (C=O) groups is 1. The Balaban J connectivity index is 1.98. The molecule has 0 radical (unpaired) electrons. The molecular formula is C20H20O2. The van der Waals surface area contributed by atoms with Crippen LogP contribution in [0, 0.1) is 0 Å². The molecule has 0 aliphatic carbocycles. The first kappa shape index (κ1) is 14.6. The number of hydrogen-bond acceptors (Lipinski definition) is 2. The van der Waals surface area contributed by atoms with Gasteiger partial charge < -0.3 is 4.42 Å². The number of unbranched alkanes of at least 4 members (excludes halogenated alkanes) is 1. The van der Waals surface area contributed by atoms with E-state index in [-0.39, 0.29) is 5.78 Å². The van der Waals surface area contributed by atoms with Crippen molar-refractivity contribution in [3.05, 3.63) is 71.5 Å². The van der Waals surface area contributed by atoms with Crippen LogP contribution in [0.25, 0.3) is 11.0 Å². The molecular weight excluding hydrogens is 272 g/mol. The number of fused-ring (bicyclic) bond motifs is 1. The molecule has 22 heavy (non-hydrogen) atoms. The first-order valence-corrected chi connectivity index (χ1v) is 7.87. The summed E-state index contributed by atoms with van der Waals surface area (Å²) >= 11 is 0. The van der Waals surface area contributed by atoms with Crippen molar-refractivity contribution in [2.45, 2.75) is 32.6 Å². The number of ketones is 1. The van der Waals surface area contributed by atoms with Gasteiger partial charge in [0.15, 0.2) is 5.78 Å². The lowest BCUT2D eigenvalue weighted by atomic mass is 9.98. The molecule has 3 aromatic rings. The highest BCUT2D eigenvalue weighted by Crippen LogP contribution is 2.28. The summed E-state index contributed by atoms with van der Waals surface area (Å²) in [6.45, 7) is 2.15. The summed E-state index contributed by atoms with van der Waals surface area (Å²) in [4.78, 5) is 12.8. The predicted molar refractivity (Wildman–Crippen MR) is 89.3 cm³/mol. The molecule has 112 valence electrons. The van der Waals surface area contributed by atoms with Crippen LogP contribution in [0.1, 0.15) is 41.4 Å². The van der Waals surface area contributed by atoms with Crippen molar-refractivity contribution in [3.8, 4) is 0 Å². The van der Waals surface area contributed by atoms with Gasteiger partial charge >= 0.3 is 0 Å². The van der Waals surface area contributed by atoms with Crippen LogP contribution in [-0.2, 0) is 12.8 Å². The van der Waals surface area contributed by atoms with Crippen LogP contribution in [0.5, 0.6) is 0 Å². The highest BCUT2D eigenvalue weighted by Gasteiger charge is 2.20. The highest BCUT2D eigenvalue weighted by molar-refractivity contribution is 6.09. The number of carbonyl (C=O) groups excluding carboxylic acids is 1. The summed E-state index contributed by atoms with van der Waals surface area (Å²) in [6, 6.07) is 17.7. The second kappa shape index (κ2) is 6.61. The first-order chi connectivity index (χ1) is 10.8. The Kier molecular flexibility index (Phi) is 4.38. The number of aryl methyl sites for hydroxylation is 1. The average Bonchev–Trinajstić information content (AvgIpc) is 2.92. The van der Waals surface area contributed by atoms with E-state index >= 15 is 0 Å². The molecule has 0 spiro atoms. The normalized spacial score (nSPS) is 11.0. The van der Waals surface area contributed by atoms with E-state index in [2.05, 4.69) is 6.92 Å². The molecule has 0 aliphatic heterocycles. The van der Waals surface area contributed by atoms with Crippen molar-refractivity contribution >= 4 is 16.8 Å². The Labute approximate surface area is 130 Å². The fourth-order valence-corrected chi connectivity index (χ4v) is 2.78. The fraction of sp³-hybridized carbons (Fsp3) is 0.250. The summed E-state index contributed by atoms with van der Waals surface area (Å²) in [5.41, 5.74) is 2.62. The summed E-state index contributed by atoms with van der Waals surface area (Å²) in [5.74, 6) is 0.978. The molecule has 3 rings (SSSR count). The maximum absolute atomic E-state index is 12.8. The zero-order valence-electron chi connectivity index (χ0n) is 12.8. The molecule has 0 aliphatic rings. The summed E-state index contributed by atoms with van der Waals surface area (Å²) in [5, 5.41) is 0.939. The number of furan rings is 1. The van der Waals surface area contributed by atoms with Crippen LogP contribution in [-0.4, -0.2) is 5.78 Å². The quantitative estimate of drug-likeness (QED) is 0.584. The molecule has 0 unspecified atom stereocenters. The van der Waals surface area contributed by atoms with E-state index in [9.17, 15) is 4.79 Å². The molecule has 1 aromatic heterocycles. The molecule has 0 amide bonds. The van der Waals surface area contributed by atoms with Crippen molar-refractivity contribution < 1.29 is 9.21 Å². The van der Waals surface area contributed by atoms with Gasteiger partial charge in [0.2, 0.25) is 0 Å². The predicted octanol–water partition coefficient (Wildman–Crippen LogP) is 5.20. The largest absolute Gasteiger partial charge is 0.460 e. The minimum absolute atomic E-state index is 0.141. The van der Waals surface area contributed by atoms with Crippen LogP contribution in [0.4, 0.5) is 0 Å². The molecule has 0 saturated heterocycles. The van der Waals surface area contributed by atoms with E-state index in [0.717, 1.165) is 47.1 Å². The molecule has 2 heteroatoms. The fourth-order valence-electron chi connectivity index (χ4n) is 2.78. The Morgan fingerprint density at radius 2 is 1.73 bits per heavy atom. The van der Waals surface area contributed by atoms with E-state index in [1.165, 1.54) is 0 Å².